The number of hydrogen-bond donors (Lipinski definition) is 1. The van der Waals surface area contributed by atoms with Crippen molar-refractivity contribution in [3.63, 3.8) is 0 Å². The average molecular weight is 340 g/mol. The molecule has 0 rings (SSSR count). The maximum absolute atomic E-state index is 9.55. The van der Waals surface area contributed by atoms with Crippen LogP contribution in [0.5, 0.6) is 0 Å². The van der Waals surface area contributed by atoms with Gasteiger partial charge in [0.25, 0.3) is 0 Å². The zero-order chi connectivity index (χ0) is 52.0. The van der Waals surface area contributed by atoms with E-state index in [1.54, 1.807) is 0 Å². The Hall–Kier alpha value is -0.0400. The average Bonchev–Trinajstić information content (AvgIpc) is 3.01. The molecule has 0 fully saturated rings. The third kappa shape index (κ3) is 20.0. The third-order valence-corrected chi connectivity index (χ3v) is 1.12. The SMILES string of the molecule is [2H]C([2H])([2H])C([2H])([2H])C([2H])([2H])C([2H])([2H])C([2H])([2H])C([2H])([2H])C([2H])([2H])C([2H])([2H])C([2H])([2H])C([2H])([2H])C([2H])([2H])C([2H])([2H])C([2H])([2H])C([2H])([2H])C([2H])([2H])C([2H])([2H])C([2H])([2H])C([2H])([2H])C([2H])([2H])C([2H])([2H])O. The van der Waals surface area contributed by atoms with E-state index in [1.807, 2.05) is 0 Å². The Bertz CT molecular complexity index is 1510. The molecule has 0 aromatic rings. The lowest BCUT2D eigenvalue weighted by Crippen LogP contribution is -1.85. The first-order chi connectivity index (χ1) is 25.8. The summed E-state index contributed by atoms with van der Waals surface area (Å²) in [5, 5.41) is 9.55. The van der Waals surface area contributed by atoms with Crippen LogP contribution in [-0.2, 0) is 0 Å². The summed E-state index contributed by atoms with van der Waals surface area (Å²) in [5.41, 5.74) is 0. The molecule has 0 amide bonds. The maximum Gasteiger partial charge on any atom is 0.0564 e. The molecule has 128 valence electrons. The van der Waals surface area contributed by atoms with Gasteiger partial charge in [0.05, 0.1) is 2.74 Å². The minimum Gasteiger partial charge on any atom is -0.396 e. The van der Waals surface area contributed by atoms with Gasteiger partial charge in [-0.05, 0) is 6.37 Å². The summed E-state index contributed by atoms with van der Waals surface area (Å²) < 4.78 is 327. The highest BCUT2D eigenvalue weighted by molar-refractivity contribution is 4.50. The highest BCUT2D eigenvalue weighted by Gasteiger charge is 1.94. The molecule has 1 N–H and O–H groups in total. The number of rotatable bonds is 18. The van der Waals surface area contributed by atoms with Crippen LogP contribution in [0.25, 0.3) is 0 Å². The molecular weight excluding hydrogens is 256 g/mol. The van der Waals surface area contributed by atoms with Gasteiger partial charge in [-0.2, -0.15) is 0 Å². The number of hydrogen-bond acceptors (Lipinski definition) is 1. The highest BCUT2D eigenvalue weighted by atomic mass is 16.2. The first-order valence-electron chi connectivity index (χ1n) is 25.5. The van der Waals surface area contributed by atoms with Gasteiger partial charge in [0.2, 0.25) is 0 Å². The van der Waals surface area contributed by atoms with Gasteiger partial charge >= 0.3 is 0 Å². The van der Waals surface area contributed by atoms with E-state index < -0.39 is 128 Å². The molecule has 0 heterocycles. The molecular formula is C20H42O. The second-order valence-electron chi connectivity index (χ2n) is 2.36. The molecule has 0 radical (unpaired) electrons. The Morgan fingerprint density at radius 2 is 0.810 bits per heavy atom. The van der Waals surface area contributed by atoms with Crippen molar-refractivity contribution >= 4 is 0 Å². The van der Waals surface area contributed by atoms with Crippen molar-refractivity contribution in [3.05, 3.63) is 0 Å². The van der Waals surface area contributed by atoms with E-state index in [0.717, 1.165) is 0 Å². The molecule has 0 saturated heterocycles. The second kappa shape index (κ2) is 20.0. The minimum absolute atomic E-state index is 4.19. The van der Waals surface area contributed by atoms with Gasteiger partial charge in [-0.3, -0.25) is 0 Å². The fourth-order valence-corrected chi connectivity index (χ4v) is 0.528. The van der Waals surface area contributed by atoms with Crippen LogP contribution in [0.1, 0.15) is 178 Å². The predicted molar refractivity (Wildman–Crippen MR) is 95.9 cm³/mol. The molecule has 0 aliphatic rings. The van der Waals surface area contributed by atoms with Crippen LogP contribution in [0, 0.1) is 0 Å². The smallest absolute Gasteiger partial charge is 0.0564 e. The first kappa shape index (κ1) is 2.25. The Kier molecular flexibility index (Phi) is 2.14. The molecule has 0 atom stereocenters. The van der Waals surface area contributed by atoms with Crippen LogP contribution in [0.3, 0.4) is 0 Å². The summed E-state index contributed by atoms with van der Waals surface area (Å²) in [5.74, 6) is 0. The lowest BCUT2D eigenvalue weighted by atomic mass is 10.0. The van der Waals surface area contributed by atoms with Crippen molar-refractivity contribution in [2.75, 3.05) is 6.56 Å². The summed E-state index contributed by atoms with van der Waals surface area (Å²) in [7, 11) is 0. The third-order valence-electron chi connectivity index (χ3n) is 1.12. The molecule has 0 aliphatic carbocycles. The van der Waals surface area contributed by atoms with Crippen molar-refractivity contribution in [1.82, 2.24) is 0 Å². The highest BCUT2D eigenvalue weighted by Crippen LogP contribution is 2.14. The molecule has 21 heavy (non-hydrogen) atoms. The Morgan fingerprint density at radius 1 is 0.524 bits per heavy atom. The van der Waals surface area contributed by atoms with E-state index >= 15 is 0 Å². The lowest BCUT2D eigenvalue weighted by molar-refractivity contribution is 0.282. The monoisotopic (exact) mass is 340 g/mol. The summed E-state index contributed by atoms with van der Waals surface area (Å²) in [6.07, 6.45) is -91.8. The normalized spacial score (nSPS) is 53.7. The topological polar surface area (TPSA) is 20.2 Å². The molecule has 1 heteroatoms. The van der Waals surface area contributed by atoms with E-state index in [2.05, 4.69) is 0 Å². The van der Waals surface area contributed by atoms with E-state index in [4.69, 9.17) is 56.2 Å². The molecule has 0 aromatic carbocycles. The van der Waals surface area contributed by atoms with E-state index in [0.29, 0.717) is 0 Å². The minimum atomic E-state index is -5.36. The molecule has 0 aromatic heterocycles. The van der Waals surface area contributed by atoms with E-state index in [9.17, 15) is 5.11 Å². The molecule has 0 saturated carbocycles. The Labute approximate surface area is 192 Å². The van der Waals surface area contributed by atoms with Gasteiger partial charge in [0, 0.05) is 60.0 Å². The van der Waals surface area contributed by atoms with Crippen molar-refractivity contribution in [2.24, 2.45) is 0 Å². The molecule has 0 unspecified atom stereocenters. The summed E-state index contributed by atoms with van der Waals surface area (Å²) in [6, 6.07) is 0. The quantitative estimate of drug-likeness (QED) is 0.284. The lowest BCUT2D eigenvalue weighted by Gasteiger charge is -2.03. The summed E-state index contributed by atoms with van der Waals surface area (Å²) in [6.45, 7) is -8.62. The van der Waals surface area contributed by atoms with Gasteiger partial charge in [0.1, 0.15) is 0 Å². The summed E-state index contributed by atoms with van der Waals surface area (Å²) in [4.78, 5) is 0. The van der Waals surface area contributed by atoms with Crippen molar-refractivity contribution < 1.29 is 61.3 Å². The largest absolute Gasteiger partial charge is 0.396 e. The Balaban J connectivity index is 7.98. The fraction of sp³-hybridized carbons (Fsp3) is 1.00. The van der Waals surface area contributed by atoms with Crippen molar-refractivity contribution in [3.8, 4) is 0 Å². The van der Waals surface area contributed by atoms with Crippen molar-refractivity contribution in [2.45, 2.75) is 122 Å². The standard InChI is InChI=1S/C20H42O/c1-2-3-4-5-6-7-8-9-10-11-12-13-14-15-16-17-18-19-20-21/h21H,2-20H2,1H3/i1D3,2D2,3D2,4D2,5D2,6D2,7D2,8D2,9D2,10D2,11D2,12D2,13D2,14D2,15D2,16D2,17D2,18D2,19D2,20D2. The van der Waals surface area contributed by atoms with Crippen LogP contribution in [0.15, 0.2) is 0 Å². The zero-order valence-corrected chi connectivity index (χ0v) is 10.4. The van der Waals surface area contributed by atoms with Gasteiger partial charge in [-0.15, -0.1) is 0 Å². The zero-order valence-electron chi connectivity index (χ0n) is 51.4. The van der Waals surface area contributed by atoms with Crippen LogP contribution in [0.4, 0.5) is 0 Å². The van der Waals surface area contributed by atoms with Gasteiger partial charge in [-0.25, -0.2) is 0 Å². The Morgan fingerprint density at radius 3 is 1.10 bits per heavy atom. The fourth-order valence-electron chi connectivity index (χ4n) is 0.528. The van der Waals surface area contributed by atoms with Crippen LogP contribution in [0.2, 0.25) is 0 Å². The van der Waals surface area contributed by atoms with Gasteiger partial charge < -0.3 is 5.11 Å². The summed E-state index contributed by atoms with van der Waals surface area (Å²) >= 11 is 0. The van der Waals surface area contributed by atoms with Crippen LogP contribution in [-0.4, -0.2) is 11.7 Å². The predicted octanol–water partition coefficient (Wildman–Crippen LogP) is 7.02. The molecule has 1 nitrogen and oxygen atoms in total. The second-order valence-corrected chi connectivity index (χ2v) is 2.36. The molecule has 0 bridgehead atoms. The van der Waals surface area contributed by atoms with Crippen LogP contribution >= 0.6 is 0 Å². The van der Waals surface area contributed by atoms with Gasteiger partial charge in [0.15, 0.2) is 0 Å². The first-order valence-corrected chi connectivity index (χ1v) is 4.97. The molecule has 0 aliphatic heterocycles. The maximum atomic E-state index is 9.55. The number of aliphatic hydroxyl groups is 1. The van der Waals surface area contributed by atoms with E-state index in [-0.39, 0.29) is 0 Å². The van der Waals surface area contributed by atoms with Crippen molar-refractivity contribution in [1.29, 1.82) is 0 Å². The van der Waals surface area contributed by atoms with Crippen LogP contribution < -0.4 is 0 Å². The van der Waals surface area contributed by atoms with Gasteiger partial charge in [-0.1, -0.05) is 115 Å². The van der Waals surface area contributed by atoms with E-state index in [1.165, 1.54) is 0 Å². The molecule has 0 spiro atoms.